The predicted octanol–water partition coefficient (Wildman–Crippen LogP) is 0.143. The molecule has 0 saturated carbocycles. The van der Waals surface area contributed by atoms with E-state index in [-0.39, 0.29) is 0 Å². The molecule has 2 N–H and O–H groups in total. The molecule has 1 saturated heterocycles. The molecule has 0 spiro atoms. The van der Waals surface area contributed by atoms with Crippen LogP contribution in [0.1, 0.15) is 0 Å². The molecule has 90 valence electrons. The summed E-state index contributed by atoms with van der Waals surface area (Å²) in [7, 11) is 0. The zero-order chi connectivity index (χ0) is 11.7. The number of nitrogen functional groups attached to an aromatic ring is 1. The Hall–Kier alpha value is -1.67. The average molecular weight is 252 g/mol. The molecule has 1 aliphatic heterocycles. The molecule has 0 unspecified atom stereocenters. The minimum absolute atomic E-state index is 0.362. The first-order valence-electron chi connectivity index (χ1n) is 5.30. The lowest BCUT2D eigenvalue weighted by molar-refractivity contribution is 0.122. The third-order valence-electron chi connectivity index (χ3n) is 2.52. The molecule has 1 aliphatic rings. The van der Waals surface area contributed by atoms with Gasteiger partial charge in [-0.3, -0.25) is 0 Å². The number of morpholine rings is 1. The second-order valence-corrected chi connectivity index (χ2v) is 4.47. The quantitative estimate of drug-likeness (QED) is 0.819. The summed E-state index contributed by atoms with van der Waals surface area (Å²) in [4.78, 5) is 10.5. The fourth-order valence-corrected chi connectivity index (χ4v) is 2.27. The maximum atomic E-state index is 5.84. The van der Waals surface area contributed by atoms with E-state index in [1.54, 1.807) is 10.9 Å². The van der Waals surface area contributed by atoms with Crippen molar-refractivity contribution >= 4 is 23.2 Å². The van der Waals surface area contributed by atoms with Gasteiger partial charge in [0.15, 0.2) is 0 Å². The van der Waals surface area contributed by atoms with Gasteiger partial charge in [-0.15, -0.1) is 16.4 Å². The number of nitrogens with zero attached hydrogens (tertiary/aromatic N) is 5. The minimum atomic E-state index is 0.362. The molecule has 7 nitrogen and oxygen atoms in total. The number of thiazole rings is 1. The fourth-order valence-electron chi connectivity index (χ4n) is 1.67. The molecule has 0 bridgehead atoms. The predicted molar refractivity (Wildman–Crippen MR) is 64.5 cm³/mol. The van der Waals surface area contributed by atoms with Crippen LogP contribution in [0.4, 0.5) is 11.9 Å². The van der Waals surface area contributed by atoms with Crippen molar-refractivity contribution in [3.8, 4) is 5.13 Å². The highest BCUT2D eigenvalue weighted by molar-refractivity contribution is 7.12. The Bertz CT molecular complexity index is 490. The van der Waals surface area contributed by atoms with Gasteiger partial charge in [-0.2, -0.15) is 9.67 Å². The van der Waals surface area contributed by atoms with E-state index in [9.17, 15) is 0 Å². The van der Waals surface area contributed by atoms with Gasteiger partial charge in [0.1, 0.15) is 0 Å². The van der Waals surface area contributed by atoms with E-state index in [0.717, 1.165) is 18.2 Å². The summed E-state index contributed by atoms with van der Waals surface area (Å²) in [5.41, 5.74) is 5.84. The van der Waals surface area contributed by atoms with Crippen LogP contribution in [0.2, 0.25) is 0 Å². The maximum absolute atomic E-state index is 5.84. The van der Waals surface area contributed by atoms with Crippen LogP contribution >= 0.6 is 11.3 Å². The number of ether oxygens (including phenoxy) is 1. The second kappa shape index (κ2) is 4.30. The Morgan fingerprint density at radius 2 is 2.18 bits per heavy atom. The van der Waals surface area contributed by atoms with Gasteiger partial charge in [0.25, 0.3) is 0 Å². The standard InChI is InChI=1S/C9H12N6OS/c10-7-12-8(14-2-4-16-5-3-14)13-15(7)9-11-1-6-17-9/h1,6H,2-5H2,(H2,10,12,13). The van der Waals surface area contributed by atoms with Crippen LogP contribution in [0.15, 0.2) is 11.6 Å². The number of hydrogen-bond acceptors (Lipinski definition) is 7. The van der Waals surface area contributed by atoms with Gasteiger partial charge >= 0.3 is 0 Å². The molecule has 0 radical (unpaired) electrons. The molecule has 8 heteroatoms. The van der Waals surface area contributed by atoms with E-state index in [0.29, 0.717) is 25.1 Å². The molecule has 0 atom stereocenters. The van der Waals surface area contributed by atoms with Crippen molar-refractivity contribution in [1.82, 2.24) is 19.7 Å². The first-order valence-corrected chi connectivity index (χ1v) is 6.17. The van der Waals surface area contributed by atoms with E-state index >= 15 is 0 Å². The lowest BCUT2D eigenvalue weighted by Crippen LogP contribution is -2.37. The molecule has 0 amide bonds. The summed E-state index contributed by atoms with van der Waals surface area (Å²) >= 11 is 1.48. The van der Waals surface area contributed by atoms with Crippen LogP contribution in [-0.2, 0) is 4.74 Å². The van der Waals surface area contributed by atoms with Gasteiger partial charge < -0.3 is 15.4 Å². The van der Waals surface area contributed by atoms with Gasteiger partial charge in [0.2, 0.25) is 17.0 Å². The summed E-state index contributed by atoms with van der Waals surface area (Å²) in [6.45, 7) is 2.99. The Kier molecular flexibility index (Phi) is 2.65. The lowest BCUT2D eigenvalue weighted by Gasteiger charge is -2.25. The highest BCUT2D eigenvalue weighted by atomic mass is 32.1. The van der Waals surface area contributed by atoms with E-state index in [4.69, 9.17) is 10.5 Å². The molecule has 2 aromatic rings. The third kappa shape index (κ3) is 1.96. The van der Waals surface area contributed by atoms with Crippen LogP contribution in [-0.4, -0.2) is 46.1 Å². The lowest BCUT2D eigenvalue weighted by atomic mass is 10.4. The van der Waals surface area contributed by atoms with E-state index < -0.39 is 0 Å². The molecule has 3 heterocycles. The van der Waals surface area contributed by atoms with Gasteiger partial charge in [0.05, 0.1) is 13.2 Å². The molecular formula is C9H12N6OS. The topological polar surface area (TPSA) is 82.1 Å². The van der Waals surface area contributed by atoms with Crippen molar-refractivity contribution in [2.45, 2.75) is 0 Å². The van der Waals surface area contributed by atoms with Gasteiger partial charge in [-0.05, 0) is 0 Å². The molecular weight excluding hydrogens is 240 g/mol. The smallest absolute Gasteiger partial charge is 0.247 e. The van der Waals surface area contributed by atoms with Gasteiger partial charge in [-0.1, -0.05) is 0 Å². The molecule has 3 rings (SSSR count). The normalized spacial score (nSPS) is 16.4. The Morgan fingerprint density at radius 1 is 1.35 bits per heavy atom. The first-order chi connectivity index (χ1) is 8.34. The molecule has 1 fully saturated rings. The number of anilines is 2. The molecule has 17 heavy (non-hydrogen) atoms. The average Bonchev–Trinajstić information content (AvgIpc) is 2.99. The van der Waals surface area contributed by atoms with Crippen molar-refractivity contribution in [2.24, 2.45) is 0 Å². The molecule has 0 aliphatic carbocycles. The zero-order valence-electron chi connectivity index (χ0n) is 9.11. The molecule has 0 aromatic carbocycles. The minimum Gasteiger partial charge on any atom is -0.378 e. The SMILES string of the molecule is Nc1nc(N2CCOCC2)nn1-c1nccs1. The Balaban J connectivity index is 1.90. The van der Waals surface area contributed by atoms with Crippen molar-refractivity contribution in [3.05, 3.63) is 11.6 Å². The van der Waals surface area contributed by atoms with E-state index in [2.05, 4.69) is 20.0 Å². The van der Waals surface area contributed by atoms with Crippen LogP contribution in [0.3, 0.4) is 0 Å². The van der Waals surface area contributed by atoms with Crippen molar-refractivity contribution in [2.75, 3.05) is 36.9 Å². The van der Waals surface area contributed by atoms with Crippen molar-refractivity contribution < 1.29 is 4.74 Å². The number of nitrogens with two attached hydrogens (primary N) is 1. The van der Waals surface area contributed by atoms with Gasteiger partial charge in [0, 0.05) is 24.7 Å². The Morgan fingerprint density at radius 3 is 2.88 bits per heavy atom. The largest absolute Gasteiger partial charge is 0.378 e. The van der Waals surface area contributed by atoms with Crippen LogP contribution in [0.5, 0.6) is 0 Å². The van der Waals surface area contributed by atoms with E-state index in [1.165, 1.54) is 11.3 Å². The highest BCUT2D eigenvalue weighted by Crippen LogP contribution is 2.18. The number of rotatable bonds is 2. The van der Waals surface area contributed by atoms with Crippen LogP contribution < -0.4 is 10.6 Å². The summed E-state index contributed by atoms with van der Waals surface area (Å²) in [6.07, 6.45) is 1.72. The summed E-state index contributed by atoms with van der Waals surface area (Å²) in [5, 5.41) is 6.99. The summed E-state index contributed by atoms with van der Waals surface area (Å²) < 4.78 is 6.85. The first kappa shape index (κ1) is 10.5. The fraction of sp³-hybridized carbons (Fsp3) is 0.444. The van der Waals surface area contributed by atoms with Crippen LogP contribution in [0.25, 0.3) is 5.13 Å². The monoisotopic (exact) mass is 252 g/mol. The molecule has 2 aromatic heterocycles. The van der Waals surface area contributed by atoms with Crippen molar-refractivity contribution in [1.29, 1.82) is 0 Å². The summed E-state index contributed by atoms with van der Waals surface area (Å²) in [6, 6.07) is 0. The van der Waals surface area contributed by atoms with Crippen LogP contribution in [0, 0.1) is 0 Å². The van der Waals surface area contributed by atoms with Crippen molar-refractivity contribution in [3.63, 3.8) is 0 Å². The van der Waals surface area contributed by atoms with Gasteiger partial charge in [-0.25, -0.2) is 4.98 Å². The zero-order valence-corrected chi connectivity index (χ0v) is 9.93. The highest BCUT2D eigenvalue weighted by Gasteiger charge is 2.18. The van der Waals surface area contributed by atoms with E-state index in [1.807, 2.05) is 5.38 Å². The third-order valence-corrected chi connectivity index (χ3v) is 3.26. The number of aromatic nitrogens is 4. The second-order valence-electron chi connectivity index (χ2n) is 3.60. The number of hydrogen-bond donors (Lipinski definition) is 1. The summed E-state index contributed by atoms with van der Waals surface area (Å²) in [5.74, 6) is 1.00. The Labute approximate surface area is 102 Å². The maximum Gasteiger partial charge on any atom is 0.247 e.